The molecule has 0 radical (unpaired) electrons. The highest BCUT2D eigenvalue weighted by molar-refractivity contribution is 7.16. The van der Waals surface area contributed by atoms with Crippen LogP contribution in [0.5, 0.6) is 0 Å². The summed E-state index contributed by atoms with van der Waals surface area (Å²) in [5.74, 6) is 0. The fraction of sp³-hybridized carbons (Fsp3) is 0.417. The monoisotopic (exact) mass is 272 g/mol. The van der Waals surface area contributed by atoms with Crippen LogP contribution < -0.4 is 10.2 Å². The van der Waals surface area contributed by atoms with Gasteiger partial charge in [0.1, 0.15) is 0 Å². The minimum Gasteiger partial charge on any atom is -0.312 e. The maximum atomic E-state index is 11.9. The number of rotatable bonds is 5. The Labute approximate surface area is 107 Å². The molecule has 6 heteroatoms. The summed E-state index contributed by atoms with van der Waals surface area (Å²) in [7, 11) is 1.74. The van der Waals surface area contributed by atoms with E-state index in [4.69, 9.17) is 0 Å². The fourth-order valence-electron chi connectivity index (χ4n) is 1.73. The molecule has 98 valence electrons. The molecular formula is C12H14F2N2OS. The Morgan fingerprint density at radius 3 is 2.94 bits per heavy atom. The van der Waals surface area contributed by atoms with Crippen LogP contribution in [0.15, 0.2) is 23.0 Å². The van der Waals surface area contributed by atoms with Gasteiger partial charge >= 0.3 is 4.87 Å². The molecule has 2 aromatic rings. The van der Waals surface area contributed by atoms with E-state index in [1.165, 1.54) is 11.3 Å². The number of hydrogen-bond acceptors (Lipinski definition) is 3. The van der Waals surface area contributed by atoms with Gasteiger partial charge in [0, 0.05) is 26.6 Å². The molecule has 2 rings (SSSR count). The molecule has 0 bridgehead atoms. The number of benzene rings is 1. The second-order valence-electron chi connectivity index (χ2n) is 4.09. The van der Waals surface area contributed by atoms with Crippen LogP contribution in [0.4, 0.5) is 8.78 Å². The lowest BCUT2D eigenvalue weighted by atomic mass is 10.2. The normalized spacial score (nSPS) is 11.6. The average Bonchev–Trinajstić information content (AvgIpc) is 2.60. The van der Waals surface area contributed by atoms with Gasteiger partial charge in [-0.15, -0.1) is 0 Å². The summed E-state index contributed by atoms with van der Waals surface area (Å²) in [5, 5.41) is 2.96. The maximum Gasteiger partial charge on any atom is 0.307 e. The van der Waals surface area contributed by atoms with Crippen molar-refractivity contribution in [3.05, 3.63) is 33.4 Å². The van der Waals surface area contributed by atoms with E-state index in [0.29, 0.717) is 13.1 Å². The number of alkyl halides is 2. The molecule has 0 atom stereocenters. The van der Waals surface area contributed by atoms with Gasteiger partial charge in [0.25, 0.3) is 0 Å². The smallest absolute Gasteiger partial charge is 0.307 e. The standard InChI is InChI=1S/C12H14F2N2OS/c1-16-9-3-2-8(6-10(9)18-12(16)17)7-15-5-4-11(13)14/h2-3,6,11,15H,4-5,7H2,1H3. The summed E-state index contributed by atoms with van der Waals surface area (Å²) in [6.07, 6.45) is -2.40. The molecule has 0 unspecified atom stereocenters. The zero-order valence-electron chi connectivity index (χ0n) is 9.95. The Kier molecular flexibility index (Phi) is 4.08. The first-order valence-electron chi connectivity index (χ1n) is 5.65. The van der Waals surface area contributed by atoms with Gasteiger partial charge in [-0.05, 0) is 17.7 Å². The Bertz CT molecular complexity index is 591. The number of nitrogens with one attached hydrogen (secondary N) is 1. The van der Waals surface area contributed by atoms with Gasteiger partial charge in [0.05, 0.1) is 10.2 Å². The third-order valence-corrected chi connectivity index (χ3v) is 3.72. The summed E-state index contributed by atoms with van der Waals surface area (Å²) in [6.45, 7) is 0.833. The number of hydrogen-bond donors (Lipinski definition) is 1. The lowest BCUT2D eigenvalue weighted by molar-refractivity contribution is 0.137. The Balaban J connectivity index is 2.04. The number of aryl methyl sites for hydroxylation is 1. The highest BCUT2D eigenvalue weighted by Gasteiger charge is 2.05. The second-order valence-corrected chi connectivity index (χ2v) is 5.08. The van der Waals surface area contributed by atoms with Crippen molar-refractivity contribution in [2.75, 3.05) is 6.54 Å². The molecule has 1 aromatic carbocycles. The number of nitrogens with zero attached hydrogens (tertiary/aromatic N) is 1. The fourth-order valence-corrected chi connectivity index (χ4v) is 2.68. The molecule has 18 heavy (non-hydrogen) atoms. The second kappa shape index (κ2) is 5.58. The average molecular weight is 272 g/mol. The molecule has 1 aromatic heterocycles. The number of thiazole rings is 1. The molecule has 0 fully saturated rings. The molecular weight excluding hydrogens is 258 g/mol. The largest absolute Gasteiger partial charge is 0.312 e. The van der Waals surface area contributed by atoms with Crippen molar-refractivity contribution in [2.45, 2.75) is 19.4 Å². The minimum atomic E-state index is -2.26. The van der Waals surface area contributed by atoms with E-state index in [-0.39, 0.29) is 11.3 Å². The predicted octanol–water partition coefficient (Wildman–Crippen LogP) is 2.34. The first kappa shape index (κ1) is 13.2. The molecule has 0 aliphatic rings. The van der Waals surface area contributed by atoms with Crippen molar-refractivity contribution >= 4 is 21.6 Å². The first-order chi connectivity index (χ1) is 8.58. The van der Waals surface area contributed by atoms with E-state index in [9.17, 15) is 13.6 Å². The topological polar surface area (TPSA) is 34.0 Å². The van der Waals surface area contributed by atoms with E-state index in [1.54, 1.807) is 11.6 Å². The van der Waals surface area contributed by atoms with Crippen molar-refractivity contribution in [1.82, 2.24) is 9.88 Å². The summed E-state index contributed by atoms with van der Waals surface area (Å²) >= 11 is 1.20. The maximum absolute atomic E-state index is 11.9. The molecule has 1 N–H and O–H groups in total. The van der Waals surface area contributed by atoms with Crippen molar-refractivity contribution in [3.8, 4) is 0 Å². The van der Waals surface area contributed by atoms with Gasteiger partial charge in [-0.25, -0.2) is 8.78 Å². The van der Waals surface area contributed by atoms with E-state index in [0.717, 1.165) is 15.8 Å². The van der Waals surface area contributed by atoms with Crippen LogP contribution in [0.25, 0.3) is 10.2 Å². The zero-order valence-corrected chi connectivity index (χ0v) is 10.8. The van der Waals surface area contributed by atoms with Crippen LogP contribution in [-0.2, 0) is 13.6 Å². The van der Waals surface area contributed by atoms with E-state index < -0.39 is 6.43 Å². The lowest BCUT2D eigenvalue weighted by Gasteiger charge is -2.04. The van der Waals surface area contributed by atoms with Crippen molar-refractivity contribution < 1.29 is 8.78 Å². The van der Waals surface area contributed by atoms with Gasteiger partial charge in [0.15, 0.2) is 0 Å². The van der Waals surface area contributed by atoms with Crippen LogP contribution in [0.2, 0.25) is 0 Å². The third kappa shape index (κ3) is 2.94. The summed E-state index contributed by atoms with van der Waals surface area (Å²) in [5.41, 5.74) is 1.90. The van der Waals surface area contributed by atoms with Gasteiger partial charge in [-0.2, -0.15) is 0 Å². The third-order valence-electron chi connectivity index (χ3n) is 2.73. The molecule has 1 heterocycles. The molecule has 0 aliphatic heterocycles. The molecule has 0 spiro atoms. The Morgan fingerprint density at radius 2 is 2.22 bits per heavy atom. The van der Waals surface area contributed by atoms with Gasteiger partial charge in [0.2, 0.25) is 6.43 Å². The number of aromatic nitrogens is 1. The number of halogens is 2. The van der Waals surface area contributed by atoms with Crippen molar-refractivity contribution in [2.24, 2.45) is 7.05 Å². The zero-order chi connectivity index (χ0) is 13.1. The van der Waals surface area contributed by atoms with Crippen LogP contribution in [0.3, 0.4) is 0 Å². The SMILES string of the molecule is Cn1c(=O)sc2cc(CNCCC(F)F)ccc21. The van der Waals surface area contributed by atoms with Gasteiger partial charge in [-0.1, -0.05) is 17.4 Å². The Morgan fingerprint density at radius 1 is 1.44 bits per heavy atom. The Hall–Kier alpha value is -1.27. The highest BCUT2D eigenvalue weighted by atomic mass is 32.1. The first-order valence-corrected chi connectivity index (χ1v) is 6.47. The van der Waals surface area contributed by atoms with Crippen LogP contribution >= 0.6 is 11.3 Å². The van der Waals surface area contributed by atoms with Crippen molar-refractivity contribution in [3.63, 3.8) is 0 Å². The molecule has 0 saturated heterocycles. The molecule has 0 saturated carbocycles. The molecule has 0 amide bonds. The summed E-state index contributed by atoms with van der Waals surface area (Å²) in [6, 6.07) is 5.72. The van der Waals surface area contributed by atoms with E-state index >= 15 is 0 Å². The van der Waals surface area contributed by atoms with Gasteiger partial charge in [-0.3, -0.25) is 4.79 Å². The van der Waals surface area contributed by atoms with Crippen LogP contribution in [-0.4, -0.2) is 17.5 Å². The minimum absolute atomic E-state index is 0.00723. The quantitative estimate of drug-likeness (QED) is 0.848. The lowest BCUT2D eigenvalue weighted by Crippen LogP contribution is -2.16. The van der Waals surface area contributed by atoms with E-state index in [2.05, 4.69) is 5.32 Å². The van der Waals surface area contributed by atoms with Gasteiger partial charge < -0.3 is 9.88 Å². The summed E-state index contributed by atoms with van der Waals surface area (Å²) in [4.78, 5) is 11.5. The number of fused-ring (bicyclic) bond motifs is 1. The highest BCUT2D eigenvalue weighted by Crippen LogP contribution is 2.18. The molecule has 3 nitrogen and oxygen atoms in total. The van der Waals surface area contributed by atoms with Crippen LogP contribution in [0.1, 0.15) is 12.0 Å². The predicted molar refractivity (Wildman–Crippen MR) is 69.4 cm³/mol. The molecule has 0 aliphatic carbocycles. The van der Waals surface area contributed by atoms with Crippen LogP contribution in [0, 0.1) is 0 Å². The van der Waals surface area contributed by atoms with Crippen molar-refractivity contribution in [1.29, 1.82) is 0 Å². The summed E-state index contributed by atoms with van der Waals surface area (Å²) < 4.78 is 26.4. The van der Waals surface area contributed by atoms with E-state index in [1.807, 2.05) is 18.2 Å².